The number of nitrogens with one attached hydrogen (secondary N) is 1. The summed E-state index contributed by atoms with van der Waals surface area (Å²) in [6.45, 7) is 11.5. The van der Waals surface area contributed by atoms with Crippen molar-refractivity contribution in [1.29, 1.82) is 5.41 Å². The van der Waals surface area contributed by atoms with Crippen LogP contribution in [-0.4, -0.2) is 28.5 Å². The summed E-state index contributed by atoms with van der Waals surface area (Å²) in [5.41, 5.74) is -0.651. The summed E-state index contributed by atoms with van der Waals surface area (Å²) in [5.74, 6) is -2.77. The van der Waals surface area contributed by atoms with E-state index in [4.69, 9.17) is 10.1 Å². The quantitative estimate of drug-likeness (QED) is 0.446. The summed E-state index contributed by atoms with van der Waals surface area (Å²) >= 11 is 0. The number of rotatable bonds is 7. The molecule has 0 amide bonds. The van der Waals surface area contributed by atoms with Gasteiger partial charge in [0.2, 0.25) is 0 Å². The van der Waals surface area contributed by atoms with E-state index in [9.17, 15) is 18.0 Å². The van der Waals surface area contributed by atoms with Crippen LogP contribution in [0.3, 0.4) is 0 Å². The third kappa shape index (κ3) is 6.89. The number of ether oxygens (including phenoxy) is 1. The molecule has 0 unspecified atom stereocenters. The van der Waals surface area contributed by atoms with Crippen LogP contribution in [0.1, 0.15) is 50.7 Å². The zero-order valence-corrected chi connectivity index (χ0v) is 18.5. The fraction of sp³-hybridized carbons (Fsp3) is 0.435. The molecule has 0 spiro atoms. The predicted molar refractivity (Wildman–Crippen MR) is 118 cm³/mol. The van der Waals surface area contributed by atoms with Crippen LogP contribution in [0.4, 0.5) is 13.2 Å². The smallest absolute Gasteiger partial charge is 0.261 e. The Bertz CT molecular complexity index is 940. The fourth-order valence-electron chi connectivity index (χ4n) is 3.02. The van der Waals surface area contributed by atoms with E-state index in [1.807, 2.05) is 19.9 Å². The third-order valence-corrected chi connectivity index (χ3v) is 4.71. The van der Waals surface area contributed by atoms with Crippen molar-refractivity contribution in [2.45, 2.75) is 47.0 Å². The molecule has 1 aliphatic heterocycles. The zero-order chi connectivity index (χ0) is 23.6. The van der Waals surface area contributed by atoms with Gasteiger partial charge in [-0.15, -0.1) is 0 Å². The molecule has 2 heterocycles. The number of allylic oxidation sites excluding steroid dienone is 5. The van der Waals surface area contributed by atoms with E-state index in [0.717, 1.165) is 17.4 Å². The first-order valence-corrected chi connectivity index (χ1v) is 10.3. The topological polar surface area (TPSA) is 68.0 Å². The molecule has 8 heteroatoms. The van der Waals surface area contributed by atoms with E-state index in [2.05, 4.69) is 11.6 Å². The van der Waals surface area contributed by atoms with Crippen LogP contribution in [-0.2, 0) is 11.2 Å². The van der Waals surface area contributed by atoms with E-state index < -0.39 is 22.9 Å². The van der Waals surface area contributed by atoms with Gasteiger partial charge in [0.05, 0.1) is 6.33 Å². The van der Waals surface area contributed by atoms with Crippen molar-refractivity contribution in [3.63, 3.8) is 0 Å². The minimum absolute atomic E-state index is 0.0351. The van der Waals surface area contributed by atoms with Crippen LogP contribution in [0.15, 0.2) is 47.1 Å². The number of hydrogen-bond donors (Lipinski definition) is 1. The van der Waals surface area contributed by atoms with Crippen molar-refractivity contribution in [1.82, 2.24) is 9.55 Å². The lowest BCUT2D eigenvalue weighted by atomic mass is 10.0. The van der Waals surface area contributed by atoms with Gasteiger partial charge in [-0.2, -0.15) is 0 Å². The lowest BCUT2D eigenvalue weighted by molar-refractivity contribution is 0.0787. The van der Waals surface area contributed by atoms with Crippen LogP contribution >= 0.6 is 0 Å². The molecule has 0 atom stereocenters. The standard InChI is InChI=1S/C21H24F3N3O2.C2H6/c1-4-17-14(3)26-20(19(25)16(12-22)11-18(24)13(2)23)27(21(17)28)8-5-15-6-9-29-10-7-15;1-2/h5,8,11-12,15,25H,2,4,6-7,9-10H2,1,3H3;1-2H3/b8-5+,16-12-,18-11+,25-19?;. The van der Waals surface area contributed by atoms with Gasteiger partial charge in [-0.25, -0.2) is 18.2 Å². The third-order valence-electron chi connectivity index (χ3n) is 4.71. The Hall–Kier alpha value is -2.74. The summed E-state index contributed by atoms with van der Waals surface area (Å²) in [6.07, 6.45) is 5.82. The molecule has 0 radical (unpaired) electrons. The molecule has 1 saturated heterocycles. The van der Waals surface area contributed by atoms with Crippen LogP contribution < -0.4 is 5.56 Å². The largest absolute Gasteiger partial charge is 0.381 e. The van der Waals surface area contributed by atoms with Gasteiger partial charge in [0.15, 0.2) is 17.5 Å². The summed E-state index contributed by atoms with van der Waals surface area (Å²) in [4.78, 5) is 17.2. The molecule has 2 rings (SSSR count). The number of halogens is 3. The maximum atomic E-state index is 13.6. The van der Waals surface area contributed by atoms with Gasteiger partial charge in [0, 0.05) is 36.2 Å². The summed E-state index contributed by atoms with van der Waals surface area (Å²) in [5, 5.41) is 8.26. The maximum Gasteiger partial charge on any atom is 0.261 e. The molecule has 1 aromatic heterocycles. The van der Waals surface area contributed by atoms with Crippen LogP contribution in [0.5, 0.6) is 0 Å². The molecular weight excluding hydrogens is 407 g/mol. The van der Waals surface area contributed by atoms with Crippen molar-refractivity contribution in [3.8, 4) is 0 Å². The minimum atomic E-state index is -1.41. The van der Waals surface area contributed by atoms with E-state index in [1.54, 1.807) is 13.8 Å². The molecule has 1 aromatic rings. The van der Waals surface area contributed by atoms with Gasteiger partial charge in [-0.05, 0) is 38.2 Å². The average Bonchev–Trinajstić information content (AvgIpc) is 2.78. The zero-order valence-electron chi connectivity index (χ0n) is 18.5. The Labute approximate surface area is 181 Å². The van der Waals surface area contributed by atoms with Gasteiger partial charge < -0.3 is 4.74 Å². The number of nitrogens with zero attached hydrogens (tertiary/aromatic N) is 2. The fourth-order valence-corrected chi connectivity index (χ4v) is 3.02. The summed E-state index contributed by atoms with van der Waals surface area (Å²) in [7, 11) is 0. The molecule has 5 nitrogen and oxygen atoms in total. The van der Waals surface area contributed by atoms with Crippen molar-refractivity contribution >= 4 is 11.9 Å². The number of aryl methyl sites for hydroxylation is 1. The van der Waals surface area contributed by atoms with E-state index in [-0.39, 0.29) is 23.6 Å². The highest BCUT2D eigenvalue weighted by Gasteiger charge is 2.19. The van der Waals surface area contributed by atoms with Crippen LogP contribution in [0, 0.1) is 18.3 Å². The molecular formula is C23H30F3N3O2. The normalized spacial score (nSPS) is 15.6. The first-order chi connectivity index (χ1) is 14.8. The highest BCUT2D eigenvalue weighted by molar-refractivity contribution is 6.10. The summed E-state index contributed by atoms with van der Waals surface area (Å²) in [6, 6.07) is 0. The van der Waals surface area contributed by atoms with Crippen molar-refractivity contribution in [3.05, 3.63) is 69.7 Å². The second-order valence-corrected chi connectivity index (χ2v) is 6.66. The first kappa shape index (κ1) is 26.3. The van der Waals surface area contributed by atoms with Gasteiger partial charge in [0.1, 0.15) is 5.71 Å². The van der Waals surface area contributed by atoms with Crippen molar-refractivity contribution in [2.24, 2.45) is 5.92 Å². The highest BCUT2D eigenvalue weighted by atomic mass is 19.2. The molecule has 170 valence electrons. The Morgan fingerprint density at radius 2 is 1.94 bits per heavy atom. The molecule has 0 aliphatic carbocycles. The predicted octanol–water partition coefficient (Wildman–Crippen LogP) is 5.60. The Morgan fingerprint density at radius 1 is 1.32 bits per heavy atom. The lowest BCUT2D eigenvalue weighted by Crippen LogP contribution is -2.29. The molecule has 0 saturated carbocycles. The average molecular weight is 438 g/mol. The second-order valence-electron chi connectivity index (χ2n) is 6.66. The first-order valence-electron chi connectivity index (χ1n) is 10.3. The number of aromatic nitrogens is 2. The van der Waals surface area contributed by atoms with Gasteiger partial charge in [-0.3, -0.25) is 14.8 Å². The molecule has 1 fully saturated rings. The molecule has 1 aliphatic rings. The van der Waals surface area contributed by atoms with Crippen molar-refractivity contribution in [2.75, 3.05) is 13.2 Å². The van der Waals surface area contributed by atoms with Crippen LogP contribution in [0.25, 0.3) is 6.20 Å². The van der Waals surface area contributed by atoms with Gasteiger partial charge in [-0.1, -0.05) is 33.4 Å². The Balaban J connectivity index is 0.00000233. The number of hydrogen-bond acceptors (Lipinski definition) is 4. The Morgan fingerprint density at radius 3 is 2.45 bits per heavy atom. The molecule has 0 bridgehead atoms. The highest BCUT2D eigenvalue weighted by Crippen LogP contribution is 2.19. The Kier molecular flexibility index (Phi) is 10.9. The molecule has 0 aromatic carbocycles. The SMILES string of the molecule is C=C(F)/C(F)=C\C(=C\F)C(=N)c1nc(C)c(CC)c(=O)n1/C=C/C1CCOCC1.CC. The van der Waals surface area contributed by atoms with Crippen LogP contribution in [0.2, 0.25) is 0 Å². The van der Waals surface area contributed by atoms with Gasteiger partial charge >= 0.3 is 0 Å². The molecule has 31 heavy (non-hydrogen) atoms. The minimum Gasteiger partial charge on any atom is -0.381 e. The van der Waals surface area contributed by atoms with E-state index in [0.29, 0.717) is 37.0 Å². The summed E-state index contributed by atoms with van der Waals surface area (Å²) < 4.78 is 46.3. The van der Waals surface area contributed by atoms with E-state index in [1.165, 1.54) is 6.20 Å². The second kappa shape index (κ2) is 12.8. The van der Waals surface area contributed by atoms with Crippen molar-refractivity contribution < 1.29 is 17.9 Å². The van der Waals surface area contributed by atoms with E-state index >= 15 is 0 Å². The molecule has 1 N–H and O–H groups in total. The lowest BCUT2D eigenvalue weighted by Gasteiger charge is -2.19. The monoisotopic (exact) mass is 437 g/mol. The van der Waals surface area contributed by atoms with Gasteiger partial charge in [0.25, 0.3) is 5.56 Å². The maximum absolute atomic E-state index is 13.6.